The zero-order valence-electron chi connectivity index (χ0n) is 14.5. The first-order chi connectivity index (χ1) is 11.2. The minimum atomic E-state index is -0.864. The smallest absolute Gasteiger partial charge is 0.319 e. The van der Waals surface area contributed by atoms with Crippen molar-refractivity contribution < 1.29 is 14.0 Å². The van der Waals surface area contributed by atoms with Crippen molar-refractivity contribution in [2.24, 2.45) is 17.1 Å². The molecule has 132 valence electrons. The van der Waals surface area contributed by atoms with Crippen LogP contribution in [0.4, 0.5) is 14.9 Å². The molecule has 1 saturated carbocycles. The lowest BCUT2D eigenvalue weighted by molar-refractivity contribution is 0.0996. The normalized spacial score (nSPS) is 21.2. The molecule has 0 aliphatic heterocycles. The van der Waals surface area contributed by atoms with Crippen LogP contribution in [-0.2, 0) is 0 Å². The summed E-state index contributed by atoms with van der Waals surface area (Å²) in [4.78, 5) is 23.5. The Morgan fingerprint density at radius 1 is 1.21 bits per heavy atom. The van der Waals surface area contributed by atoms with Crippen LogP contribution in [0.3, 0.4) is 0 Å². The molecule has 2 rings (SSSR count). The highest BCUT2D eigenvalue weighted by atomic mass is 19.1. The average Bonchev–Trinajstić information content (AvgIpc) is 2.48. The zero-order valence-corrected chi connectivity index (χ0v) is 14.5. The Kier molecular flexibility index (Phi) is 5.47. The molecule has 0 spiro atoms. The third kappa shape index (κ3) is 4.46. The molecule has 24 heavy (non-hydrogen) atoms. The molecular formula is C18H26FN3O2. The number of carbonyl (C=O) groups excluding carboxylic acids is 2. The van der Waals surface area contributed by atoms with E-state index in [1.54, 1.807) is 0 Å². The van der Waals surface area contributed by atoms with Crippen molar-refractivity contribution in [3.63, 3.8) is 0 Å². The number of benzene rings is 1. The Bertz CT molecular complexity index is 625. The fourth-order valence-corrected chi connectivity index (χ4v) is 3.47. The lowest BCUT2D eigenvalue weighted by Crippen LogP contribution is -2.48. The van der Waals surface area contributed by atoms with Gasteiger partial charge in [-0.05, 0) is 42.4 Å². The van der Waals surface area contributed by atoms with Gasteiger partial charge in [-0.15, -0.1) is 0 Å². The van der Waals surface area contributed by atoms with Gasteiger partial charge in [0.1, 0.15) is 5.82 Å². The molecule has 5 nitrogen and oxygen atoms in total. The van der Waals surface area contributed by atoms with E-state index in [-0.39, 0.29) is 23.1 Å². The standard InChI is InChI=1S/C18H26FN3O2/c1-18(2,3)13-6-4-5-7-15(13)22-17(24)21-11-8-9-14(19)12(10-11)16(20)23/h8-10,13,15H,4-7H2,1-3H3,(H2,20,23)(H2,21,22,24). The SMILES string of the molecule is CC(C)(C)C1CCCCC1NC(=O)Nc1ccc(F)c(C(N)=O)c1. The maximum atomic E-state index is 13.5. The Hall–Kier alpha value is -2.11. The number of amides is 3. The first-order valence-electron chi connectivity index (χ1n) is 8.35. The Balaban J connectivity index is 2.05. The van der Waals surface area contributed by atoms with Gasteiger partial charge in [0.25, 0.3) is 5.91 Å². The number of nitrogens with one attached hydrogen (secondary N) is 2. The minimum Gasteiger partial charge on any atom is -0.366 e. The van der Waals surface area contributed by atoms with Crippen LogP contribution in [0.1, 0.15) is 56.8 Å². The van der Waals surface area contributed by atoms with Crippen molar-refractivity contribution in [2.45, 2.75) is 52.5 Å². The van der Waals surface area contributed by atoms with E-state index in [1.807, 2.05) is 0 Å². The number of hydrogen-bond donors (Lipinski definition) is 3. The lowest BCUT2D eigenvalue weighted by atomic mass is 9.69. The number of anilines is 1. The van der Waals surface area contributed by atoms with Gasteiger partial charge in [0.2, 0.25) is 0 Å². The highest BCUT2D eigenvalue weighted by molar-refractivity contribution is 5.96. The van der Waals surface area contributed by atoms with E-state index in [0.717, 1.165) is 25.3 Å². The molecule has 2 atom stereocenters. The van der Waals surface area contributed by atoms with E-state index in [0.29, 0.717) is 11.6 Å². The fourth-order valence-electron chi connectivity index (χ4n) is 3.47. The van der Waals surface area contributed by atoms with E-state index in [2.05, 4.69) is 31.4 Å². The Morgan fingerprint density at radius 2 is 1.88 bits per heavy atom. The van der Waals surface area contributed by atoms with Gasteiger partial charge >= 0.3 is 6.03 Å². The van der Waals surface area contributed by atoms with E-state index < -0.39 is 11.7 Å². The molecule has 1 aliphatic rings. The van der Waals surface area contributed by atoms with Gasteiger partial charge in [0, 0.05) is 11.7 Å². The van der Waals surface area contributed by atoms with Crippen LogP contribution in [0.2, 0.25) is 0 Å². The number of primary amides is 1. The van der Waals surface area contributed by atoms with Crippen LogP contribution in [0, 0.1) is 17.2 Å². The van der Waals surface area contributed by atoms with Crippen molar-refractivity contribution in [1.29, 1.82) is 0 Å². The van der Waals surface area contributed by atoms with Crippen molar-refractivity contribution in [2.75, 3.05) is 5.32 Å². The highest BCUT2D eigenvalue weighted by Gasteiger charge is 2.34. The van der Waals surface area contributed by atoms with Gasteiger partial charge in [0.05, 0.1) is 5.56 Å². The number of carbonyl (C=O) groups is 2. The average molecular weight is 335 g/mol. The summed E-state index contributed by atoms with van der Waals surface area (Å²) in [6, 6.07) is 3.53. The van der Waals surface area contributed by atoms with Crippen LogP contribution < -0.4 is 16.4 Å². The van der Waals surface area contributed by atoms with Crippen LogP contribution in [0.15, 0.2) is 18.2 Å². The first kappa shape index (κ1) is 18.2. The predicted molar refractivity (Wildman–Crippen MR) is 92.3 cm³/mol. The maximum Gasteiger partial charge on any atom is 0.319 e. The van der Waals surface area contributed by atoms with Crippen molar-refractivity contribution >= 4 is 17.6 Å². The second-order valence-corrected chi connectivity index (χ2v) is 7.52. The van der Waals surface area contributed by atoms with Crippen LogP contribution in [0.5, 0.6) is 0 Å². The highest BCUT2D eigenvalue weighted by Crippen LogP contribution is 2.38. The number of nitrogens with two attached hydrogens (primary N) is 1. The molecule has 3 amide bonds. The van der Waals surface area contributed by atoms with Gasteiger partial charge in [-0.25, -0.2) is 9.18 Å². The molecule has 1 aromatic rings. The predicted octanol–water partition coefficient (Wildman–Crippen LogP) is 3.65. The summed E-state index contributed by atoms with van der Waals surface area (Å²) in [5, 5.41) is 5.69. The molecule has 1 aliphatic carbocycles. The zero-order chi connectivity index (χ0) is 17.9. The van der Waals surface area contributed by atoms with Gasteiger partial charge < -0.3 is 16.4 Å². The summed E-state index contributed by atoms with van der Waals surface area (Å²) >= 11 is 0. The summed E-state index contributed by atoms with van der Waals surface area (Å²) in [5.74, 6) is -1.16. The first-order valence-corrected chi connectivity index (χ1v) is 8.35. The Labute approximate surface area is 142 Å². The molecule has 0 aromatic heterocycles. The van der Waals surface area contributed by atoms with E-state index in [9.17, 15) is 14.0 Å². The molecule has 0 heterocycles. The number of hydrogen-bond acceptors (Lipinski definition) is 2. The third-order valence-electron chi connectivity index (χ3n) is 4.68. The third-order valence-corrected chi connectivity index (χ3v) is 4.68. The molecule has 1 aromatic carbocycles. The molecule has 2 unspecified atom stereocenters. The van der Waals surface area contributed by atoms with Crippen molar-refractivity contribution in [3.05, 3.63) is 29.6 Å². The van der Waals surface area contributed by atoms with E-state index in [1.165, 1.54) is 18.6 Å². The fraction of sp³-hybridized carbons (Fsp3) is 0.556. The van der Waals surface area contributed by atoms with Crippen LogP contribution in [-0.4, -0.2) is 18.0 Å². The monoisotopic (exact) mass is 335 g/mol. The van der Waals surface area contributed by atoms with Gasteiger partial charge in [-0.2, -0.15) is 0 Å². The maximum absolute atomic E-state index is 13.5. The molecule has 1 fully saturated rings. The molecular weight excluding hydrogens is 309 g/mol. The second-order valence-electron chi connectivity index (χ2n) is 7.52. The van der Waals surface area contributed by atoms with Gasteiger partial charge in [-0.3, -0.25) is 4.79 Å². The minimum absolute atomic E-state index is 0.106. The second kappa shape index (κ2) is 7.20. The molecule has 0 saturated heterocycles. The number of urea groups is 1. The summed E-state index contributed by atoms with van der Waals surface area (Å²) in [7, 11) is 0. The van der Waals surface area contributed by atoms with Gasteiger partial charge in [-0.1, -0.05) is 33.6 Å². The molecule has 0 bridgehead atoms. The van der Waals surface area contributed by atoms with E-state index >= 15 is 0 Å². The summed E-state index contributed by atoms with van der Waals surface area (Å²) in [6.45, 7) is 6.57. The summed E-state index contributed by atoms with van der Waals surface area (Å²) in [6.07, 6.45) is 4.32. The van der Waals surface area contributed by atoms with Gasteiger partial charge in [0.15, 0.2) is 0 Å². The largest absolute Gasteiger partial charge is 0.366 e. The topological polar surface area (TPSA) is 84.2 Å². The molecule has 4 N–H and O–H groups in total. The van der Waals surface area contributed by atoms with Crippen LogP contribution in [0.25, 0.3) is 0 Å². The van der Waals surface area contributed by atoms with Crippen molar-refractivity contribution in [3.8, 4) is 0 Å². The Morgan fingerprint density at radius 3 is 2.50 bits per heavy atom. The number of rotatable bonds is 3. The van der Waals surface area contributed by atoms with E-state index in [4.69, 9.17) is 5.73 Å². The lowest BCUT2D eigenvalue weighted by Gasteiger charge is -2.40. The quantitative estimate of drug-likeness (QED) is 0.787. The molecule has 0 radical (unpaired) electrons. The van der Waals surface area contributed by atoms with Crippen molar-refractivity contribution in [1.82, 2.24) is 5.32 Å². The number of halogens is 1. The van der Waals surface area contributed by atoms with Crippen LogP contribution >= 0.6 is 0 Å². The molecule has 6 heteroatoms. The summed E-state index contributed by atoms with van der Waals surface area (Å²) in [5.41, 5.74) is 5.34. The summed E-state index contributed by atoms with van der Waals surface area (Å²) < 4.78 is 13.5.